The smallest absolute Gasteiger partial charge is 0.138 e. The maximum Gasteiger partial charge on any atom is 0.138 e. The molecular formula is C54H34N2O2. The number of hydrogen-bond acceptors (Lipinski definition) is 3. The van der Waals surface area contributed by atoms with Crippen molar-refractivity contribution >= 4 is 82.7 Å². The number of hydrogen-bond donors (Lipinski definition) is 1. The third-order valence-corrected chi connectivity index (χ3v) is 11.6. The Hall–Kier alpha value is -7.82. The molecule has 0 bridgehead atoms. The first kappa shape index (κ1) is 32.4. The van der Waals surface area contributed by atoms with E-state index in [4.69, 9.17) is 8.83 Å². The van der Waals surface area contributed by atoms with Gasteiger partial charge in [-0.3, -0.25) is 0 Å². The second kappa shape index (κ2) is 12.9. The van der Waals surface area contributed by atoms with Crippen molar-refractivity contribution in [1.82, 2.24) is 4.98 Å². The standard InChI is InChI=1S/C54H34N2O2/c1-3-14-34(15-4-1)36-28-37(35-16-5-2-6-17-35)30-39(29-36)56(38-26-27-43-42-19-8-11-24-49(42)57-51(43)32-38)40-31-47(53-46-20-9-12-25-50(46)58-52(53)33-40)45-22-13-21-44-41-18-7-10-23-48(41)55-54(44)45/h1-33,55H. The van der Waals surface area contributed by atoms with Gasteiger partial charge in [0.05, 0.1) is 11.2 Å². The quantitative estimate of drug-likeness (QED) is 0.184. The van der Waals surface area contributed by atoms with E-state index in [1.165, 1.54) is 10.8 Å². The molecule has 3 heterocycles. The highest BCUT2D eigenvalue weighted by atomic mass is 16.3. The summed E-state index contributed by atoms with van der Waals surface area (Å²) in [6, 6.07) is 71.0. The second-order valence-electron chi connectivity index (χ2n) is 15.0. The molecule has 0 aliphatic carbocycles. The normalized spacial score (nSPS) is 11.8. The maximum absolute atomic E-state index is 6.79. The highest BCUT2D eigenvalue weighted by Gasteiger charge is 2.23. The molecule has 4 heteroatoms. The number of furan rings is 2. The summed E-state index contributed by atoms with van der Waals surface area (Å²) in [5.41, 5.74) is 15.3. The summed E-state index contributed by atoms with van der Waals surface area (Å²) in [6.07, 6.45) is 0. The Balaban J connectivity index is 1.18. The first-order chi connectivity index (χ1) is 28.7. The Morgan fingerprint density at radius 1 is 0.328 bits per heavy atom. The van der Waals surface area contributed by atoms with Gasteiger partial charge < -0.3 is 18.7 Å². The van der Waals surface area contributed by atoms with Crippen molar-refractivity contribution < 1.29 is 8.83 Å². The zero-order valence-corrected chi connectivity index (χ0v) is 31.3. The van der Waals surface area contributed by atoms with Crippen LogP contribution in [-0.4, -0.2) is 4.98 Å². The van der Waals surface area contributed by atoms with E-state index in [-0.39, 0.29) is 0 Å². The van der Waals surface area contributed by atoms with Crippen molar-refractivity contribution in [1.29, 1.82) is 0 Å². The number of aromatic amines is 1. The van der Waals surface area contributed by atoms with Crippen molar-refractivity contribution in [3.8, 4) is 33.4 Å². The number of fused-ring (bicyclic) bond motifs is 9. The summed E-state index contributed by atoms with van der Waals surface area (Å²) in [6.45, 7) is 0. The number of para-hydroxylation sites is 4. The molecule has 12 aromatic rings. The van der Waals surface area contributed by atoms with Crippen molar-refractivity contribution in [3.63, 3.8) is 0 Å². The molecule has 1 N–H and O–H groups in total. The zero-order valence-electron chi connectivity index (χ0n) is 31.3. The summed E-state index contributed by atoms with van der Waals surface area (Å²) >= 11 is 0. The van der Waals surface area contributed by atoms with Crippen molar-refractivity contribution in [3.05, 3.63) is 200 Å². The van der Waals surface area contributed by atoms with E-state index >= 15 is 0 Å². The van der Waals surface area contributed by atoms with Crippen LogP contribution in [0.25, 0.3) is 99.1 Å². The molecule has 0 saturated carbocycles. The lowest BCUT2D eigenvalue weighted by Crippen LogP contribution is -2.10. The number of H-pyrrole nitrogens is 1. The van der Waals surface area contributed by atoms with Crippen LogP contribution < -0.4 is 4.90 Å². The molecule has 0 radical (unpaired) electrons. The summed E-state index contributed by atoms with van der Waals surface area (Å²) < 4.78 is 13.3. The van der Waals surface area contributed by atoms with E-state index in [1.807, 2.05) is 18.2 Å². The molecule has 12 rings (SSSR count). The van der Waals surface area contributed by atoms with Crippen molar-refractivity contribution in [2.75, 3.05) is 4.90 Å². The van der Waals surface area contributed by atoms with Crippen LogP contribution in [0.4, 0.5) is 17.1 Å². The molecular weight excluding hydrogens is 709 g/mol. The Bertz CT molecular complexity index is 3460. The van der Waals surface area contributed by atoms with Crippen LogP contribution >= 0.6 is 0 Å². The van der Waals surface area contributed by atoms with Gasteiger partial charge in [-0.05, 0) is 82.4 Å². The lowest BCUT2D eigenvalue weighted by atomic mass is 9.95. The van der Waals surface area contributed by atoms with Gasteiger partial charge in [0.1, 0.15) is 22.3 Å². The van der Waals surface area contributed by atoms with Crippen molar-refractivity contribution in [2.45, 2.75) is 0 Å². The predicted molar refractivity (Wildman–Crippen MR) is 241 cm³/mol. The molecule has 3 aromatic heterocycles. The van der Waals surface area contributed by atoms with Gasteiger partial charge in [-0.2, -0.15) is 0 Å². The van der Waals surface area contributed by atoms with E-state index in [1.54, 1.807) is 0 Å². The van der Waals surface area contributed by atoms with Crippen LogP contribution in [0.15, 0.2) is 209 Å². The number of nitrogens with one attached hydrogen (secondary N) is 1. The fourth-order valence-electron chi connectivity index (χ4n) is 8.91. The summed E-state index contributed by atoms with van der Waals surface area (Å²) in [5.74, 6) is 0. The average Bonchev–Trinajstić information content (AvgIpc) is 3.98. The predicted octanol–water partition coefficient (Wildman–Crippen LogP) is 15.6. The van der Waals surface area contributed by atoms with Gasteiger partial charge in [-0.25, -0.2) is 0 Å². The molecule has 272 valence electrons. The lowest BCUT2D eigenvalue weighted by Gasteiger charge is -2.27. The Kier molecular flexibility index (Phi) is 7.20. The highest BCUT2D eigenvalue weighted by Crippen LogP contribution is 2.47. The van der Waals surface area contributed by atoms with E-state index in [9.17, 15) is 0 Å². The van der Waals surface area contributed by atoms with E-state index in [2.05, 4.69) is 192 Å². The number of aromatic nitrogens is 1. The van der Waals surface area contributed by atoms with Crippen LogP contribution in [0.5, 0.6) is 0 Å². The van der Waals surface area contributed by atoms with E-state index < -0.39 is 0 Å². The van der Waals surface area contributed by atoms with Crippen LogP contribution in [0.3, 0.4) is 0 Å². The van der Waals surface area contributed by atoms with Crippen molar-refractivity contribution in [2.24, 2.45) is 0 Å². The molecule has 58 heavy (non-hydrogen) atoms. The molecule has 0 saturated heterocycles. The number of rotatable bonds is 6. The van der Waals surface area contributed by atoms with E-state index in [0.29, 0.717) is 0 Å². The Labute approximate surface area is 333 Å². The van der Waals surface area contributed by atoms with Gasteiger partial charge in [0.2, 0.25) is 0 Å². The fourth-order valence-corrected chi connectivity index (χ4v) is 8.91. The SMILES string of the molecule is c1ccc(-c2cc(-c3ccccc3)cc(N(c3ccc4c(c3)oc3ccccc34)c3cc(-c4cccc5c4[nH]c4ccccc45)c4c(c3)oc3ccccc34)c2)cc1. The third kappa shape index (κ3) is 5.16. The molecule has 0 aliphatic heterocycles. The minimum absolute atomic E-state index is 0.819. The summed E-state index contributed by atoms with van der Waals surface area (Å²) in [7, 11) is 0. The van der Waals surface area contributed by atoms with Crippen LogP contribution in [0.1, 0.15) is 0 Å². The van der Waals surface area contributed by atoms with Gasteiger partial charge in [0.15, 0.2) is 0 Å². The summed E-state index contributed by atoms with van der Waals surface area (Å²) in [5, 5.41) is 6.75. The number of benzene rings is 9. The molecule has 0 atom stereocenters. The van der Waals surface area contributed by atoms with Gasteiger partial charge in [0, 0.05) is 66.9 Å². The third-order valence-electron chi connectivity index (χ3n) is 11.6. The molecule has 0 unspecified atom stereocenters. The van der Waals surface area contributed by atoms with Crippen LogP contribution in [0.2, 0.25) is 0 Å². The van der Waals surface area contributed by atoms with Crippen LogP contribution in [0, 0.1) is 0 Å². The molecule has 4 nitrogen and oxygen atoms in total. The summed E-state index contributed by atoms with van der Waals surface area (Å²) in [4.78, 5) is 6.14. The number of anilines is 3. The topological polar surface area (TPSA) is 45.3 Å². The van der Waals surface area contributed by atoms with Gasteiger partial charge in [0.25, 0.3) is 0 Å². The van der Waals surface area contributed by atoms with Gasteiger partial charge in [-0.15, -0.1) is 0 Å². The maximum atomic E-state index is 6.79. The zero-order chi connectivity index (χ0) is 38.2. The molecule has 9 aromatic carbocycles. The minimum Gasteiger partial charge on any atom is -0.456 e. The number of nitrogens with zero attached hydrogens (tertiary/aromatic N) is 1. The largest absolute Gasteiger partial charge is 0.456 e. The molecule has 0 aliphatic rings. The van der Waals surface area contributed by atoms with E-state index in [0.717, 1.165) is 105 Å². The Morgan fingerprint density at radius 2 is 0.897 bits per heavy atom. The second-order valence-corrected chi connectivity index (χ2v) is 15.0. The average molecular weight is 743 g/mol. The molecule has 0 spiro atoms. The lowest BCUT2D eigenvalue weighted by molar-refractivity contribution is 0.669. The fraction of sp³-hybridized carbons (Fsp3) is 0. The molecule has 0 amide bonds. The van der Waals surface area contributed by atoms with Gasteiger partial charge >= 0.3 is 0 Å². The first-order valence-electron chi connectivity index (χ1n) is 19.7. The minimum atomic E-state index is 0.819. The first-order valence-corrected chi connectivity index (χ1v) is 19.7. The van der Waals surface area contributed by atoms with Crippen LogP contribution in [-0.2, 0) is 0 Å². The Morgan fingerprint density at radius 3 is 1.66 bits per heavy atom. The highest BCUT2D eigenvalue weighted by molar-refractivity contribution is 6.19. The molecule has 0 fully saturated rings. The van der Waals surface area contributed by atoms with Gasteiger partial charge in [-0.1, -0.05) is 133 Å². The monoisotopic (exact) mass is 742 g/mol.